The molecule has 1 heterocycles. The van der Waals surface area contributed by atoms with E-state index in [2.05, 4.69) is 0 Å². The number of carbonyl (C=O) groups is 2. The van der Waals surface area contributed by atoms with Crippen LogP contribution in [0.2, 0.25) is 5.02 Å². The van der Waals surface area contributed by atoms with Crippen LogP contribution in [-0.2, 0) is 33.5 Å². The molecule has 164 valence electrons. The fourth-order valence-corrected chi connectivity index (χ4v) is 5.30. The van der Waals surface area contributed by atoms with Gasteiger partial charge in [-0.2, -0.15) is 0 Å². The van der Waals surface area contributed by atoms with E-state index in [9.17, 15) is 23.9 Å². The molecular formula is C22H24ClN2O5P. The van der Waals surface area contributed by atoms with Crippen LogP contribution in [0, 0.1) is 0 Å². The third-order valence-corrected chi connectivity index (χ3v) is 6.88. The molecule has 0 saturated heterocycles. The van der Waals surface area contributed by atoms with Crippen molar-refractivity contribution < 1.29 is 23.9 Å². The third-order valence-electron chi connectivity index (χ3n) is 5.34. The highest BCUT2D eigenvalue weighted by Crippen LogP contribution is 2.55. The lowest BCUT2D eigenvalue weighted by Gasteiger charge is -2.18. The molecule has 2 aromatic carbocycles. The Morgan fingerprint density at radius 1 is 1.26 bits per heavy atom. The second-order valence-electron chi connectivity index (χ2n) is 7.39. The molecule has 3 aromatic rings. The first-order valence-electron chi connectivity index (χ1n) is 9.81. The van der Waals surface area contributed by atoms with Gasteiger partial charge in [-0.3, -0.25) is 9.36 Å². The van der Waals surface area contributed by atoms with E-state index in [1.54, 1.807) is 18.2 Å². The van der Waals surface area contributed by atoms with Gasteiger partial charge in [0.1, 0.15) is 6.29 Å². The van der Waals surface area contributed by atoms with E-state index in [1.807, 2.05) is 35.8 Å². The van der Waals surface area contributed by atoms with E-state index in [-0.39, 0.29) is 12.8 Å². The SMILES string of the molecule is CCc1c(CC(N)=O)c2c(C(CC=O)P(=O)(O)O)cccc2n1Cc1cccc(Cl)c1. The van der Waals surface area contributed by atoms with Crippen LogP contribution in [0.5, 0.6) is 0 Å². The topological polar surface area (TPSA) is 123 Å². The van der Waals surface area contributed by atoms with Crippen molar-refractivity contribution in [1.82, 2.24) is 4.57 Å². The Kier molecular flexibility index (Phi) is 7.02. The van der Waals surface area contributed by atoms with Crippen LogP contribution in [0.4, 0.5) is 0 Å². The van der Waals surface area contributed by atoms with Gasteiger partial charge in [-0.25, -0.2) is 0 Å². The molecule has 0 aliphatic heterocycles. The number of aromatic nitrogens is 1. The highest BCUT2D eigenvalue weighted by Gasteiger charge is 2.33. The van der Waals surface area contributed by atoms with E-state index in [0.717, 1.165) is 16.8 Å². The van der Waals surface area contributed by atoms with Crippen molar-refractivity contribution >= 4 is 42.3 Å². The smallest absolute Gasteiger partial charge is 0.333 e. The Labute approximate surface area is 185 Å². The Morgan fingerprint density at radius 2 is 1.97 bits per heavy atom. The van der Waals surface area contributed by atoms with Crippen LogP contribution in [0.25, 0.3) is 10.9 Å². The van der Waals surface area contributed by atoms with Gasteiger partial charge in [0.25, 0.3) is 0 Å². The van der Waals surface area contributed by atoms with Gasteiger partial charge < -0.3 is 24.9 Å². The number of benzene rings is 2. The van der Waals surface area contributed by atoms with Gasteiger partial charge in [-0.1, -0.05) is 42.8 Å². The lowest BCUT2D eigenvalue weighted by molar-refractivity contribution is -0.117. The van der Waals surface area contributed by atoms with Gasteiger partial charge in [0.2, 0.25) is 5.91 Å². The molecular weight excluding hydrogens is 439 g/mol. The second kappa shape index (κ2) is 9.37. The molecule has 0 saturated carbocycles. The number of aldehydes is 1. The molecule has 0 fully saturated rings. The van der Waals surface area contributed by atoms with E-state index in [4.69, 9.17) is 17.3 Å². The predicted octanol–water partition coefficient (Wildman–Crippen LogP) is 3.74. The first kappa shape index (κ1) is 23.2. The zero-order chi connectivity index (χ0) is 22.8. The van der Waals surface area contributed by atoms with Gasteiger partial charge in [0.05, 0.1) is 12.1 Å². The molecule has 1 aromatic heterocycles. The molecule has 1 atom stereocenters. The maximum Gasteiger partial charge on any atom is 0.333 e. The minimum Gasteiger partial charge on any atom is -0.369 e. The minimum absolute atomic E-state index is 0.0752. The Bertz CT molecular complexity index is 1180. The number of fused-ring (bicyclic) bond motifs is 1. The molecule has 1 amide bonds. The first-order valence-corrected chi connectivity index (χ1v) is 11.9. The van der Waals surface area contributed by atoms with Crippen molar-refractivity contribution in [3.05, 3.63) is 69.9 Å². The first-order chi connectivity index (χ1) is 14.7. The van der Waals surface area contributed by atoms with Crippen LogP contribution in [-0.4, -0.2) is 26.5 Å². The summed E-state index contributed by atoms with van der Waals surface area (Å²) in [6.07, 6.45) is 0.667. The van der Waals surface area contributed by atoms with E-state index >= 15 is 0 Å². The maximum atomic E-state index is 12.2. The molecule has 0 aliphatic carbocycles. The lowest BCUT2D eigenvalue weighted by Crippen LogP contribution is -2.15. The molecule has 9 heteroatoms. The van der Waals surface area contributed by atoms with Crippen LogP contribution >= 0.6 is 19.2 Å². The normalized spacial score (nSPS) is 12.8. The van der Waals surface area contributed by atoms with Crippen molar-refractivity contribution in [1.29, 1.82) is 0 Å². The third kappa shape index (κ3) is 4.91. The van der Waals surface area contributed by atoms with Gasteiger partial charge in [-0.15, -0.1) is 0 Å². The summed E-state index contributed by atoms with van der Waals surface area (Å²) in [6.45, 7) is 2.40. The van der Waals surface area contributed by atoms with Crippen molar-refractivity contribution in [2.75, 3.05) is 0 Å². The molecule has 3 rings (SSSR count). The largest absolute Gasteiger partial charge is 0.369 e. The summed E-state index contributed by atoms with van der Waals surface area (Å²) in [4.78, 5) is 42.9. The summed E-state index contributed by atoms with van der Waals surface area (Å²) in [5.74, 6) is -0.547. The number of rotatable bonds is 9. The van der Waals surface area contributed by atoms with Gasteiger partial charge in [-0.05, 0) is 41.3 Å². The van der Waals surface area contributed by atoms with Gasteiger partial charge >= 0.3 is 7.60 Å². The Balaban J connectivity index is 2.34. The van der Waals surface area contributed by atoms with Gasteiger partial charge in [0, 0.05) is 34.6 Å². The van der Waals surface area contributed by atoms with Crippen molar-refractivity contribution in [2.24, 2.45) is 5.73 Å². The number of amides is 1. The number of hydrogen-bond acceptors (Lipinski definition) is 3. The average molecular weight is 463 g/mol. The zero-order valence-corrected chi connectivity index (χ0v) is 18.6. The average Bonchev–Trinajstić information content (AvgIpc) is 2.97. The second-order valence-corrected chi connectivity index (χ2v) is 9.62. The highest BCUT2D eigenvalue weighted by molar-refractivity contribution is 7.52. The number of carbonyl (C=O) groups excluding carboxylic acids is 2. The quantitative estimate of drug-likeness (QED) is 0.330. The molecule has 0 radical (unpaired) electrons. The van der Waals surface area contributed by atoms with Crippen molar-refractivity contribution in [3.63, 3.8) is 0 Å². The number of nitrogens with two attached hydrogens (primary N) is 1. The van der Waals surface area contributed by atoms with Crippen LogP contribution in [0.3, 0.4) is 0 Å². The number of hydrogen-bond donors (Lipinski definition) is 3. The van der Waals surface area contributed by atoms with E-state index in [0.29, 0.717) is 40.8 Å². The summed E-state index contributed by atoms with van der Waals surface area (Å²) in [5.41, 5.74) is 7.69. The Morgan fingerprint density at radius 3 is 2.55 bits per heavy atom. The number of primary amides is 1. The van der Waals surface area contributed by atoms with Crippen molar-refractivity contribution in [3.8, 4) is 0 Å². The fourth-order valence-electron chi connectivity index (χ4n) is 4.15. The number of nitrogens with zero attached hydrogens (tertiary/aromatic N) is 1. The van der Waals surface area contributed by atoms with Crippen molar-refractivity contribution in [2.45, 2.75) is 38.4 Å². The molecule has 4 N–H and O–H groups in total. The minimum atomic E-state index is -4.63. The van der Waals surface area contributed by atoms with E-state index < -0.39 is 19.2 Å². The molecule has 7 nitrogen and oxygen atoms in total. The summed E-state index contributed by atoms with van der Waals surface area (Å²) in [7, 11) is -4.63. The summed E-state index contributed by atoms with van der Waals surface area (Å²) < 4.78 is 14.2. The monoisotopic (exact) mass is 462 g/mol. The van der Waals surface area contributed by atoms with Crippen LogP contribution in [0.1, 0.15) is 41.4 Å². The summed E-state index contributed by atoms with van der Waals surface area (Å²) in [5, 5.41) is 1.16. The molecule has 0 bridgehead atoms. The van der Waals surface area contributed by atoms with Gasteiger partial charge in [0.15, 0.2) is 0 Å². The molecule has 0 aliphatic rings. The lowest BCUT2D eigenvalue weighted by atomic mass is 9.98. The number of halogens is 1. The summed E-state index contributed by atoms with van der Waals surface area (Å²) >= 11 is 6.14. The fraction of sp³-hybridized carbons (Fsp3) is 0.273. The summed E-state index contributed by atoms with van der Waals surface area (Å²) in [6, 6.07) is 12.5. The van der Waals surface area contributed by atoms with E-state index in [1.165, 1.54) is 0 Å². The zero-order valence-electron chi connectivity index (χ0n) is 17.0. The Hall–Kier alpha value is -2.44. The maximum absolute atomic E-state index is 12.2. The molecule has 1 unspecified atom stereocenters. The van der Waals surface area contributed by atoms with Crippen LogP contribution in [0.15, 0.2) is 42.5 Å². The predicted molar refractivity (Wildman–Crippen MR) is 120 cm³/mol. The highest BCUT2D eigenvalue weighted by atomic mass is 35.5. The standard InChI is InChI=1S/C22H24ClN2O5P/c1-2-18-17(12-21(24)27)22-16(20(9-10-26)31(28,29)30)7-4-8-19(22)25(18)13-14-5-3-6-15(23)11-14/h3-8,10-11,20H,2,9,12-13H2,1H3,(H2,24,27)(H2,28,29,30). The van der Waals surface area contributed by atoms with Crippen LogP contribution < -0.4 is 5.73 Å². The molecule has 0 spiro atoms. The molecule has 31 heavy (non-hydrogen) atoms.